The molecule has 252 valence electrons. The molecule has 3 unspecified atom stereocenters. The van der Waals surface area contributed by atoms with Gasteiger partial charge in [-0.3, -0.25) is 14.6 Å². The Balaban J connectivity index is 1.38. The highest BCUT2D eigenvalue weighted by atomic mass is 16.5. The molecule has 47 heavy (non-hydrogen) atoms. The maximum absolute atomic E-state index is 13.9. The van der Waals surface area contributed by atoms with Crippen molar-refractivity contribution in [3.63, 3.8) is 0 Å². The normalized spacial score (nSPS) is 26.8. The van der Waals surface area contributed by atoms with E-state index in [2.05, 4.69) is 24.4 Å². The van der Waals surface area contributed by atoms with Crippen LogP contribution in [-0.4, -0.2) is 72.0 Å². The number of ether oxygens (including phenoxy) is 2. The van der Waals surface area contributed by atoms with Gasteiger partial charge in [0.2, 0.25) is 11.8 Å². The van der Waals surface area contributed by atoms with E-state index in [0.29, 0.717) is 32.3 Å². The summed E-state index contributed by atoms with van der Waals surface area (Å²) in [6.45, 7) is 2.88. The molecule has 1 fully saturated rings. The van der Waals surface area contributed by atoms with Crippen molar-refractivity contribution >= 4 is 17.5 Å². The number of fused-ring (bicyclic) bond motifs is 5. The average Bonchev–Trinajstić information content (AvgIpc) is 3.43. The van der Waals surface area contributed by atoms with E-state index in [1.807, 2.05) is 66.7 Å². The summed E-state index contributed by atoms with van der Waals surface area (Å²) in [5.74, 6) is 1.45. The van der Waals surface area contributed by atoms with Crippen LogP contribution in [0.4, 0.5) is 0 Å². The number of rotatable bonds is 9. The highest BCUT2D eigenvalue weighted by Crippen LogP contribution is 2.38. The van der Waals surface area contributed by atoms with E-state index in [0.717, 1.165) is 61.3 Å². The van der Waals surface area contributed by atoms with Crippen molar-refractivity contribution in [2.45, 2.75) is 95.4 Å². The zero-order valence-electron chi connectivity index (χ0n) is 27.9. The van der Waals surface area contributed by atoms with Gasteiger partial charge in [0.15, 0.2) is 0 Å². The molecule has 5 rings (SSSR count). The number of aliphatic hydroxyl groups excluding tert-OH is 1. The Morgan fingerprint density at radius 1 is 1.06 bits per heavy atom. The molecule has 1 aliphatic heterocycles. The van der Waals surface area contributed by atoms with Crippen molar-refractivity contribution in [3.8, 4) is 5.75 Å². The second kappa shape index (κ2) is 17.4. The quantitative estimate of drug-likeness (QED) is 0.325. The van der Waals surface area contributed by atoms with Gasteiger partial charge in [0.1, 0.15) is 17.6 Å². The predicted octanol–water partition coefficient (Wildman–Crippen LogP) is 6.05. The van der Waals surface area contributed by atoms with E-state index >= 15 is 0 Å². The number of hydrogen-bond donors (Lipinski definition) is 2. The van der Waals surface area contributed by atoms with Crippen LogP contribution in [0.25, 0.3) is 0 Å². The number of carbonyl (C=O) groups excluding carboxylic acids is 2. The van der Waals surface area contributed by atoms with Crippen LogP contribution in [0.5, 0.6) is 5.75 Å². The van der Waals surface area contributed by atoms with E-state index < -0.39 is 18.2 Å². The summed E-state index contributed by atoms with van der Waals surface area (Å²) in [5, 5.41) is 14.8. The second-order valence-corrected chi connectivity index (χ2v) is 13.1. The number of carbonyl (C=O) groups is 2. The zero-order chi connectivity index (χ0) is 33.0. The third-order valence-corrected chi connectivity index (χ3v) is 9.63. The first-order chi connectivity index (χ1) is 22.9. The van der Waals surface area contributed by atoms with Gasteiger partial charge in [-0.1, -0.05) is 87.2 Å². The van der Waals surface area contributed by atoms with Crippen molar-refractivity contribution in [2.24, 2.45) is 16.8 Å². The average molecular weight is 642 g/mol. The van der Waals surface area contributed by atoms with E-state index in [-0.39, 0.29) is 36.3 Å². The number of nitrogens with zero attached hydrogens (tertiary/aromatic N) is 2. The minimum absolute atomic E-state index is 0.00510. The fraction of sp³-hybridized carbons (Fsp3) is 0.513. The number of hydrogen-bond acceptors (Lipinski definition) is 6. The predicted molar refractivity (Wildman–Crippen MR) is 185 cm³/mol. The largest absolute Gasteiger partial charge is 0.458 e. The maximum atomic E-state index is 13.9. The number of allylic oxidation sites excluding steroid dienone is 2. The lowest BCUT2D eigenvalue weighted by molar-refractivity contribution is -0.140. The minimum Gasteiger partial charge on any atom is -0.458 e. The Morgan fingerprint density at radius 2 is 1.83 bits per heavy atom. The number of nitrogens with one attached hydrogen (secondary N) is 1. The molecule has 2 aromatic rings. The highest BCUT2D eigenvalue weighted by Gasteiger charge is 2.41. The number of likely N-dealkylation sites (N-methyl/N-ethyl adjacent to an activating group) is 1. The van der Waals surface area contributed by atoms with Crippen LogP contribution >= 0.6 is 0 Å². The lowest BCUT2D eigenvalue weighted by Crippen LogP contribution is -2.54. The summed E-state index contributed by atoms with van der Waals surface area (Å²) in [6, 6.07) is 18.4. The lowest BCUT2D eigenvalue weighted by Gasteiger charge is -2.31. The molecule has 2 amide bonds. The van der Waals surface area contributed by atoms with Gasteiger partial charge in [-0.25, -0.2) is 0 Å². The molecule has 1 heterocycles. The molecule has 0 radical (unpaired) electrons. The number of aliphatic hydroxyl groups is 1. The van der Waals surface area contributed by atoms with Gasteiger partial charge in [0.05, 0.1) is 24.8 Å². The fourth-order valence-electron chi connectivity index (χ4n) is 6.85. The molecule has 3 aliphatic rings. The molecule has 2 bridgehead atoms. The Kier molecular flexibility index (Phi) is 12.8. The van der Waals surface area contributed by atoms with Gasteiger partial charge >= 0.3 is 0 Å². The van der Waals surface area contributed by atoms with Crippen molar-refractivity contribution in [2.75, 3.05) is 20.2 Å². The number of benzene rings is 2. The number of aliphatic imine (C=N–C) groups is 1. The summed E-state index contributed by atoms with van der Waals surface area (Å²) in [6.07, 6.45) is 12.9. The van der Waals surface area contributed by atoms with E-state index in [4.69, 9.17) is 14.5 Å². The van der Waals surface area contributed by atoms with Crippen LogP contribution in [0, 0.1) is 11.8 Å². The summed E-state index contributed by atoms with van der Waals surface area (Å²) >= 11 is 0. The minimum atomic E-state index is -0.924. The maximum Gasteiger partial charge on any atom is 0.243 e. The molecular weight excluding hydrogens is 590 g/mol. The molecule has 0 spiro atoms. The van der Waals surface area contributed by atoms with Crippen molar-refractivity contribution < 1.29 is 24.2 Å². The van der Waals surface area contributed by atoms with Gasteiger partial charge in [-0.2, -0.15) is 0 Å². The molecule has 0 saturated heterocycles. The Bertz CT molecular complexity index is 1390. The number of para-hydroxylation sites is 1. The summed E-state index contributed by atoms with van der Waals surface area (Å²) in [7, 11) is 1.74. The SMILES string of the molecule is CCCCCC(=O)N(C)[C@H]1CCCCCOC2CC(=NC[C@@H](O)[C@H](Cc3ccccc3)NC1=O)C1C=C(Oc3ccccc3)C=CC21. The molecule has 8 heteroatoms. The van der Waals surface area contributed by atoms with Gasteiger partial charge in [-0.15, -0.1) is 0 Å². The third kappa shape index (κ3) is 9.64. The molecule has 0 aromatic heterocycles. The second-order valence-electron chi connectivity index (χ2n) is 13.1. The van der Waals surface area contributed by atoms with Gasteiger partial charge in [0, 0.05) is 44.0 Å². The monoisotopic (exact) mass is 641 g/mol. The summed E-state index contributed by atoms with van der Waals surface area (Å²) < 4.78 is 12.6. The van der Waals surface area contributed by atoms with Gasteiger partial charge < -0.3 is 24.8 Å². The Labute approximate surface area is 279 Å². The Morgan fingerprint density at radius 3 is 2.60 bits per heavy atom. The van der Waals surface area contributed by atoms with Crippen molar-refractivity contribution in [1.29, 1.82) is 0 Å². The molecule has 2 aromatic carbocycles. The number of unbranched alkanes of at least 4 members (excludes halogenated alkanes) is 2. The van der Waals surface area contributed by atoms with E-state index in [9.17, 15) is 14.7 Å². The van der Waals surface area contributed by atoms with Crippen LogP contribution in [0.3, 0.4) is 0 Å². The van der Waals surface area contributed by atoms with Crippen LogP contribution in [0.1, 0.15) is 70.3 Å². The molecule has 8 nitrogen and oxygen atoms in total. The van der Waals surface area contributed by atoms with Crippen LogP contribution in [0.15, 0.2) is 89.6 Å². The smallest absolute Gasteiger partial charge is 0.243 e. The first-order valence-electron chi connectivity index (χ1n) is 17.5. The zero-order valence-corrected chi connectivity index (χ0v) is 27.9. The van der Waals surface area contributed by atoms with Crippen LogP contribution in [0.2, 0.25) is 0 Å². The van der Waals surface area contributed by atoms with Gasteiger partial charge in [-0.05, 0) is 55.5 Å². The summed E-state index contributed by atoms with van der Waals surface area (Å²) in [5.41, 5.74) is 1.99. The Hall–Kier alpha value is -3.75. The van der Waals surface area contributed by atoms with Crippen molar-refractivity contribution in [1.82, 2.24) is 10.2 Å². The third-order valence-electron chi connectivity index (χ3n) is 9.63. The molecular formula is C39H51N3O5. The number of amides is 2. The van der Waals surface area contributed by atoms with E-state index in [1.54, 1.807) is 11.9 Å². The van der Waals surface area contributed by atoms with Gasteiger partial charge in [0.25, 0.3) is 0 Å². The molecule has 6 atom stereocenters. The van der Waals surface area contributed by atoms with Crippen molar-refractivity contribution in [3.05, 3.63) is 90.2 Å². The standard InChI is InChI=1S/C39H51N3O5/c1-3-4-8-20-38(44)42(2)35-19-13-7-14-23-46-37-26-33(32-25-30(21-22-31(32)37)47-29-17-11-6-12-18-29)40-27-36(43)34(41-39(35)45)24-28-15-9-5-10-16-28/h5-6,9-12,15-18,21-22,25,31-32,34-37,43H,3-4,7-8,13-14,19-20,23-24,26-27H2,1-2H3,(H,41,45)/t31?,32?,34-,35-,36+,37?/m0/s1. The lowest BCUT2D eigenvalue weighted by atomic mass is 9.89. The topological polar surface area (TPSA) is 100 Å². The molecule has 2 aliphatic carbocycles. The molecule has 2 N–H and O–H groups in total. The van der Waals surface area contributed by atoms with E-state index in [1.165, 1.54) is 0 Å². The molecule has 1 saturated carbocycles. The fourth-order valence-corrected chi connectivity index (χ4v) is 6.85. The first kappa shape index (κ1) is 34.6. The summed E-state index contributed by atoms with van der Waals surface area (Å²) in [4.78, 5) is 33.7. The van der Waals surface area contributed by atoms with Crippen LogP contribution < -0.4 is 10.1 Å². The highest BCUT2D eigenvalue weighted by molar-refractivity contribution is 5.92. The first-order valence-corrected chi connectivity index (χ1v) is 17.5. The van der Waals surface area contributed by atoms with Crippen LogP contribution in [-0.2, 0) is 20.7 Å².